The van der Waals surface area contributed by atoms with Gasteiger partial charge in [-0.1, -0.05) is 16.9 Å². The van der Waals surface area contributed by atoms with Crippen LogP contribution in [0.3, 0.4) is 0 Å². The Hall–Kier alpha value is -3.40. The number of carbonyl (C=O) groups is 1. The molecule has 0 aliphatic carbocycles. The summed E-state index contributed by atoms with van der Waals surface area (Å²) in [6.07, 6.45) is 0. The van der Waals surface area contributed by atoms with Gasteiger partial charge in [0.15, 0.2) is 11.5 Å². The first kappa shape index (κ1) is 18.9. The first-order valence-electron chi connectivity index (χ1n) is 8.94. The van der Waals surface area contributed by atoms with Crippen LogP contribution < -0.4 is 10.1 Å². The smallest absolute Gasteiger partial charge is 0.236 e. The molecule has 0 saturated heterocycles. The summed E-state index contributed by atoms with van der Waals surface area (Å²) >= 11 is 1.24. The summed E-state index contributed by atoms with van der Waals surface area (Å²) in [5, 5.41) is 19.8. The lowest BCUT2D eigenvalue weighted by Gasteiger charge is -2.05. The van der Waals surface area contributed by atoms with Gasteiger partial charge in [-0.3, -0.25) is 4.79 Å². The zero-order valence-electron chi connectivity index (χ0n) is 15.8. The van der Waals surface area contributed by atoms with Gasteiger partial charge in [-0.2, -0.15) is 9.61 Å². The molecule has 4 rings (SSSR count). The molecule has 0 aliphatic rings. The number of nitrogens with zero attached hydrogens (tertiary/aromatic N) is 5. The fraction of sp³-hybridized carbons (Fsp3) is 0.211. The van der Waals surface area contributed by atoms with Crippen molar-refractivity contribution in [1.82, 2.24) is 25.0 Å². The number of aromatic nitrogens is 5. The molecule has 0 saturated carbocycles. The fourth-order valence-corrected chi connectivity index (χ4v) is 3.32. The van der Waals surface area contributed by atoms with Crippen LogP contribution in [0.25, 0.3) is 16.9 Å². The number of amides is 1. The minimum absolute atomic E-state index is 0.141. The molecule has 3 heterocycles. The SMILES string of the molecule is CCOc1ccc(-c2ccc3nnc(SCC(=O)Nc4cc(C)on4)n3n2)cc1. The van der Waals surface area contributed by atoms with E-state index in [1.807, 2.05) is 43.3 Å². The normalized spacial score (nSPS) is 11.0. The zero-order chi connectivity index (χ0) is 20.2. The van der Waals surface area contributed by atoms with E-state index in [4.69, 9.17) is 9.26 Å². The largest absolute Gasteiger partial charge is 0.494 e. The number of thioether (sulfide) groups is 1. The third-order valence-electron chi connectivity index (χ3n) is 3.92. The van der Waals surface area contributed by atoms with Crippen molar-refractivity contribution < 1.29 is 14.1 Å². The number of carbonyl (C=O) groups excluding carboxylic acids is 1. The van der Waals surface area contributed by atoms with Crippen LogP contribution in [0.2, 0.25) is 0 Å². The lowest BCUT2D eigenvalue weighted by Crippen LogP contribution is -2.14. The first-order chi connectivity index (χ1) is 14.1. The molecule has 9 nitrogen and oxygen atoms in total. The molecular weight excluding hydrogens is 392 g/mol. The molecule has 3 aromatic heterocycles. The van der Waals surface area contributed by atoms with E-state index in [-0.39, 0.29) is 11.7 Å². The molecule has 0 spiro atoms. The first-order valence-corrected chi connectivity index (χ1v) is 9.92. The molecule has 0 radical (unpaired) electrons. The van der Waals surface area contributed by atoms with E-state index >= 15 is 0 Å². The topological polar surface area (TPSA) is 107 Å². The van der Waals surface area contributed by atoms with Gasteiger partial charge in [0.05, 0.1) is 18.1 Å². The number of fused-ring (bicyclic) bond motifs is 1. The van der Waals surface area contributed by atoms with Gasteiger partial charge in [0.25, 0.3) is 0 Å². The quantitative estimate of drug-likeness (QED) is 0.463. The molecule has 1 N–H and O–H groups in total. The average molecular weight is 410 g/mol. The Morgan fingerprint density at radius 2 is 2.03 bits per heavy atom. The van der Waals surface area contributed by atoms with Crippen LogP contribution in [0.15, 0.2) is 52.1 Å². The molecule has 0 bridgehead atoms. The number of anilines is 1. The van der Waals surface area contributed by atoms with Crippen LogP contribution in [0.4, 0.5) is 5.82 Å². The number of hydrogen-bond donors (Lipinski definition) is 1. The van der Waals surface area contributed by atoms with Crippen LogP contribution >= 0.6 is 11.8 Å². The van der Waals surface area contributed by atoms with E-state index in [1.165, 1.54) is 11.8 Å². The van der Waals surface area contributed by atoms with Crippen LogP contribution in [0.5, 0.6) is 5.75 Å². The molecule has 1 aromatic carbocycles. The van der Waals surface area contributed by atoms with Gasteiger partial charge in [-0.15, -0.1) is 10.2 Å². The molecule has 0 fully saturated rings. The standard InChI is InChI=1S/C19H18N6O3S/c1-3-27-14-6-4-13(5-7-14)15-8-9-17-21-22-19(25(17)23-15)29-11-18(26)20-16-10-12(2)28-24-16/h4-10H,3,11H2,1-2H3,(H,20,24,26). The van der Waals surface area contributed by atoms with Gasteiger partial charge >= 0.3 is 0 Å². The average Bonchev–Trinajstić information content (AvgIpc) is 3.32. The molecule has 0 unspecified atom stereocenters. The van der Waals surface area contributed by atoms with Crippen molar-refractivity contribution in [1.29, 1.82) is 0 Å². The molecule has 0 aliphatic heterocycles. The van der Waals surface area contributed by atoms with Gasteiger partial charge in [-0.25, -0.2) is 0 Å². The second-order valence-electron chi connectivity index (χ2n) is 6.09. The van der Waals surface area contributed by atoms with E-state index in [0.29, 0.717) is 29.0 Å². The molecule has 29 heavy (non-hydrogen) atoms. The summed E-state index contributed by atoms with van der Waals surface area (Å²) in [5.74, 6) is 1.74. The van der Waals surface area contributed by atoms with Crippen LogP contribution in [0, 0.1) is 6.92 Å². The number of aryl methyl sites for hydroxylation is 1. The molecule has 148 valence electrons. The summed E-state index contributed by atoms with van der Waals surface area (Å²) < 4.78 is 12.0. The number of hydrogen-bond acceptors (Lipinski definition) is 8. The zero-order valence-corrected chi connectivity index (χ0v) is 16.6. The van der Waals surface area contributed by atoms with E-state index in [9.17, 15) is 4.79 Å². The second-order valence-corrected chi connectivity index (χ2v) is 7.03. The highest BCUT2D eigenvalue weighted by atomic mass is 32.2. The fourth-order valence-electron chi connectivity index (χ4n) is 2.64. The maximum absolute atomic E-state index is 12.1. The number of benzene rings is 1. The highest BCUT2D eigenvalue weighted by Gasteiger charge is 2.13. The summed E-state index contributed by atoms with van der Waals surface area (Å²) in [4.78, 5) is 12.1. The van der Waals surface area contributed by atoms with Crippen molar-refractivity contribution in [3.05, 3.63) is 48.2 Å². The summed E-state index contributed by atoms with van der Waals surface area (Å²) in [7, 11) is 0. The highest BCUT2D eigenvalue weighted by Crippen LogP contribution is 2.23. The highest BCUT2D eigenvalue weighted by molar-refractivity contribution is 7.99. The van der Waals surface area contributed by atoms with Crippen LogP contribution in [-0.2, 0) is 4.79 Å². The maximum atomic E-state index is 12.1. The minimum atomic E-state index is -0.220. The number of nitrogens with one attached hydrogen (secondary N) is 1. The summed E-state index contributed by atoms with van der Waals surface area (Å²) in [6, 6.07) is 13.1. The van der Waals surface area contributed by atoms with Crippen molar-refractivity contribution in [2.24, 2.45) is 0 Å². The predicted octanol–water partition coefficient (Wildman–Crippen LogP) is 3.22. The Kier molecular flexibility index (Phi) is 5.43. The van der Waals surface area contributed by atoms with Crippen molar-refractivity contribution in [3.8, 4) is 17.0 Å². The van der Waals surface area contributed by atoms with Gasteiger partial charge in [-0.05, 0) is 50.2 Å². The van der Waals surface area contributed by atoms with E-state index in [1.54, 1.807) is 17.5 Å². The lowest BCUT2D eigenvalue weighted by molar-refractivity contribution is -0.113. The number of ether oxygens (including phenoxy) is 1. The second kappa shape index (κ2) is 8.31. The third-order valence-corrected chi connectivity index (χ3v) is 4.84. The Morgan fingerprint density at radius 3 is 2.76 bits per heavy atom. The Labute approximate surface area is 170 Å². The van der Waals surface area contributed by atoms with Crippen molar-refractivity contribution in [2.45, 2.75) is 19.0 Å². The third kappa shape index (κ3) is 4.37. The molecule has 4 aromatic rings. The number of rotatable bonds is 7. The van der Waals surface area contributed by atoms with Crippen molar-refractivity contribution >= 4 is 29.1 Å². The Morgan fingerprint density at radius 1 is 1.21 bits per heavy atom. The van der Waals surface area contributed by atoms with Gasteiger partial charge in [0, 0.05) is 11.6 Å². The Bertz CT molecular complexity index is 1140. The van der Waals surface area contributed by atoms with Crippen LogP contribution in [-0.4, -0.2) is 43.2 Å². The summed E-state index contributed by atoms with van der Waals surface area (Å²) in [5.41, 5.74) is 2.32. The molecule has 0 atom stereocenters. The molecular formula is C19H18N6O3S. The van der Waals surface area contributed by atoms with Crippen molar-refractivity contribution in [3.63, 3.8) is 0 Å². The molecule has 10 heteroatoms. The predicted molar refractivity (Wildman–Crippen MR) is 108 cm³/mol. The summed E-state index contributed by atoms with van der Waals surface area (Å²) in [6.45, 7) is 4.32. The van der Waals surface area contributed by atoms with Gasteiger partial charge < -0.3 is 14.6 Å². The van der Waals surface area contributed by atoms with Gasteiger partial charge in [0.2, 0.25) is 11.1 Å². The van der Waals surface area contributed by atoms with Crippen LogP contribution in [0.1, 0.15) is 12.7 Å². The van der Waals surface area contributed by atoms with E-state index in [0.717, 1.165) is 17.0 Å². The van der Waals surface area contributed by atoms with E-state index in [2.05, 4.69) is 25.8 Å². The minimum Gasteiger partial charge on any atom is -0.494 e. The van der Waals surface area contributed by atoms with Gasteiger partial charge in [0.1, 0.15) is 11.5 Å². The maximum Gasteiger partial charge on any atom is 0.236 e. The monoisotopic (exact) mass is 410 g/mol. The van der Waals surface area contributed by atoms with E-state index < -0.39 is 0 Å². The lowest BCUT2D eigenvalue weighted by atomic mass is 10.1. The Balaban J connectivity index is 1.48. The molecule has 1 amide bonds. The van der Waals surface area contributed by atoms with Crippen molar-refractivity contribution in [2.75, 3.05) is 17.7 Å².